The number of anilines is 1. The van der Waals surface area contributed by atoms with Crippen LogP contribution in [0.3, 0.4) is 0 Å². The van der Waals surface area contributed by atoms with Crippen molar-refractivity contribution in [3.05, 3.63) is 29.8 Å². The van der Waals surface area contributed by atoms with E-state index >= 15 is 0 Å². The molecule has 1 aromatic carbocycles. The second-order valence-corrected chi connectivity index (χ2v) is 7.41. The van der Waals surface area contributed by atoms with Crippen molar-refractivity contribution in [1.82, 2.24) is 19.6 Å². The van der Waals surface area contributed by atoms with Crippen molar-refractivity contribution in [3.63, 3.8) is 0 Å². The van der Waals surface area contributed by atoms with Crippen LogP contribution in [0.2, 0.25) is 0 Å². The number of aliphatic hydroxyl groups excluding tert-OH is 1. The van der Waals surface area contributed by atoms with E-state index in [4.69, 9.17) is 0 Å². The molecule has 1 saturated heterocycles. The Morgan fingerprint density at radius 3 is 2.41 bits per heavy atom. The molecule has 3 amide bonds. The number of urea groups is 1. The fraction of sp³-hybridized carbons (Fsp3) is 0.579. The fourth-order valence-corrected chi connectivity index (χ4v) is 3.10. The second kappa shape index (κ2) is 9.68. The molecule has 2 rings (SSSR count). The molecular formula is C19H31N5O3. The van der Waals surface area contributed by atoms with E-state index in [0.29, 0.717) is 37.4 Å². The molecule has 0 spiro atoms. The summed E-state index contributed by atoms with van der Waals surface area (Å²) in [6.45, 7) is 3.92. The summed E-state index contributed by atoms with van der Waals surface area (Å²) in [5.74, 6) is -0.101. The van der Waals surface area contributed by atoms with Crippen molar-refractivity contribution >= 4 is 17.6 Å². The zero-order valence-corrected chi connectivity index (χ0v) is 16.7. The minimum atomic E-state index is -0.391. The summed E-state index contributed by atoms with van der Waals surface area (Å²) in [6, 6.07) is 6.79. The maximum Gasteiger partial charge on any atom is 0.321 e. The van der Waals surface area contributed by atoms with Gasteiger partial charge in [-0.3, -0.25) is 9.69 Å². The monoisotopic (exact) mass is 377 g/mol. The van der Waals surface area contributed by atoms with Gasteiger partial charge in [0.05, 0.1) is 6.10 Å². The zero-order chi connectivity index (χ0) is 20.0. The Bertz CT molecular complexity index is 642. The highest BCUT2D eigenvalue weighted by Gasteiger charge is 2.23. The Kier molecular flexibility index (Phi) is 7.58. The van der Waals surface area contributed by atoms with Crippen LogP contribution in [-0.4, -0.2) is 110 Å². The molecule has 1 unspecified atom stereocenters. The van der Waals surface area contributed by atoms with Gasteiger partial charge in [-0.1, -0.05) is 6.07 Å². The molecule has 150 valence electrons. The number of hydrogen-bond acceptors (Lipinski definition) is 5. The minimum Gasteiger partial charge on any atom is -0.390 e. The van der Waals surface area contributed by atoms with Crippen LogP contribution in [-0.2, 0) is 0 Å². The van der Waals surface area contributed by atoms with Gasteiger partial charge in [0.25, 0.3) is 5.91 Å². The lowest BCUT2D eigenvalue weighted by Crippen LogP contribution is -2.52. The van der Waals surface area contributed by atoms with E-state index < -0.39 is 6.10 Å². The zero-order valence-electron chi connectivity index (χ0n) is 16.7. The number of nitrogens with zero attached hydrogens (tertiary/aromatic N) is 4. The van der Waals surface area contributed by atoms with Gasteiger partial charge in [0, 0.05) is 64.6 Å². The predicted molar refractivity (Wildman–Crippen MR) is 106 cm³/mol. The molecule has 0 aliphatic carbocycles. The summed E-state index contributed by atoms with van der Waals surface area (Å²) < 4.78 is 0. The molecular weight excluding hydrogens is 346 g/mol. The number of piperazine rings is 1. The van der Waals surface area contributed by atoms with Crippen LogP contribution in [0.4, 0.5) is 10.5 Å². The topological polar surface area (TPSA) is 79.4 Å². The third-order valence-electron chi connectivity index (χ3n) is 4.47. The maximum atomic E-state index is 12.5. The summed E-state index contributed by atoms with van der Waals surface area (Å²) in [5.41, 5.74) is 1.15. The first-order valence-electron chi connectivity index (χ1n) is 9.19. The van der Waals surface area contributed by atoms with Gasteiger partial charge in [-0.2, -0.15) is 0 Å². The molecule has 1 aromatic rings. The van der Waals surface area contributed by atoms with E-state index in [1.807, 2.05) is 19.0 Å². The van der Waals surface area contributed by atoms with Crippen LogP contribution < -0.4 is 5.32 Å². The molecule has 1 fully saturated rings. The molecule has 0 bridgehead atoms. The SMILES string of the molecule is CN(C)CC(O)CN1CCN(C(=O)Nc2cccc(C(=O)N(C)C)c2)CC1. The first-order valence-corrected chi connectivity index (χ1v) is 9.19. The summed E-state index contributed by atoms with van der Waals surface area (Å²) >= 11 is 0. The van der Waals surface area contributed by atoms with Crippen LogP contribution in [0.15, 0.2) is 24.3 Å². The normalized spacial score (nSPS) is 16.3. The van der Waals surface area contributed by atoms with Crippen LogP contribution in [0, 0.1) is 0 Å². The molecule has 27 heavy (non-hydrogen) atoms. The minimum absolute atomic E-state index is 0.101. The lowest BCUT2D eigenvalue weighted by molar-refractivity contribution is 0.0677. The second-order valence-electron chi connectivity index (χ2n) is 7.41. The van der Waals surface area contributed by atoms with Gasteiger partial charge in [0.1, 0.15) is 0 Å². The molecule has 8 heteroatoms. The van der Waals surface area contributed by atoms with E-state index in [-0.39, 0.29) is 11.9 Å². The first kappa shape index (κ1) is 21.1. The fourth-order valence-electron chi connectivity index (χ4n) is 3.10. The summed E-state index contributed by atoms with van der Waals surface area (Å²) in [6.07, 6.45) is -0.391. The molecule has 1 atom stereocenters. The highest BCUT2D eigenvalue weighted by Crippen LogP contribution is 2.13. The number of β-amino-alcohol motifs (C(OH)–C–C–N with tert-alkyl or cyclic N) is 1. The smallest absolute Gasteiger partial charge is 0.321 e. The third kappa shape index (κ3) is 6.50. The Morgan fingerprint density at radius 2 is 1.81 bits per heavy atom. The Morgan fingerprint density at radius 1 is 1.15 bits per heavy atom. The van der Waals surface area contributed by atoms with Crippen LogP contribution in [0.25, 0.3) is 0 Å². The van der Waals surface area contributed by atoms with Gasteiger partial charge in [-0.25, -0.2) is 4.79 Å². The molecule has 0 aromatic heterocycles. The molecule has 1 aliphatic heterocycles. The van der Waals surface area contributed by atoms with Crippen molar-refractivity contribution in [2.45, 2.75) is 6.10 Å². The van der Waals surface area contributed by atoms with Gasteiger partial charge in [0.15, 0.2) is 0 Å². The van der Waals surface area contributed by atoms with Crippen molar-refractivity contribution in [3.8, 4) is 0 Å². The Balaban J connectivity index is 1.84. The maximum absolute atomic E-state index is 12.5. The molecule has 1 heterocycles. The van der Waals surface area contributed by atoms with E-state index in [2.05, 4.69) is 10.2 Å². The number of hydrogen-bond donors (Lipinski definition) is 2. The number of benzene rings is 1. The highest BCUT2D eigenvalue weighted by atomic mass is 16.3. The summed E-state index contributed by atoms with van der Waals surface area (Å²) in [5, 5.41) is 12.9. The summed E-state index contributed by atoms with van der Waals surface area (Å²) in [4.78, 5) is 32.0. The number of likely N-dealkylation sites (N-methyl/N-ethyl adjacent to an activating group) is 1. The van der Waals surface area contributed by atoms with Crippen molar-refractivity contribution < 1.29 is 14.7 Å². The molecule has 8 nitrogen and oxygen atoms in total. The quantitative estimate of drug-likeness (QED) is 0.753. The largest absolute Gasteiger partial charge is 0.390 e. The van der Waals surface area contributed by atoms with Crippen molar-refractivity contribution in [2.24, 2.45) is 0 Å². The van der Waals surface area contributed by atoms with Crippen LogP contribution in [0.1, 0.15) is 10.4 Å². The first-order chi connectivity index (χ1) is 12.8. The van der Waals surface area contributed by atoms with E-state index in [1.165, 1.54) is 4.90 Å². The predicted octanol–water partition coefficient (Wildman–Crippen LogP) is 0.460. The number of nitrogens with one attached hydrogen (secondary N) is 1. The van der Waals surface area contributed by atoms with Crippen LogP contribution in [0.5, 0.6) is 0 Å². The summed E-state index contributed by atoms with van der Waals surface area (Å²) in [7, 11) is 7.27. The molecule has 0 saturated carbocycles. The Hall–Kier alpha value is -2.16. The van der Waals surface area contributed by atoms with Gasteiger partial charge in [-0.15, -0.1) is 0 Å². The highest BCUT2D eigenvalue weighted by molar-refractivity contribution is 5.96. The number of carbonyl (C=O) groups is 2. The molecule has 2 N–H and O–H groups in total. The third-order valence-corrected chi connectivity index (χ3v) is 4.47. The van der Waals surface area contributed by atoms with Gasteiger partial charge < -0.3 is 25.1 Å². The van der Waals surface area contributed by atoms with Gasteiger partial charge in [-0.05, 0) is 32.3 Å². The number of carbonyl (C=O) groups excluding carboxylic acids is 2. The average molecular weight is 377 g/mol. The molecule has 0 radical (unpaired) electrons. The number of rotatable bonds is 6. The standard InChI is InChI=1S/C19H31N5O3/c1-21(2)13-17(25)14-23-8-10-24(11-9-23)19(27)20-16-7-5-6-15(12-16)18(26)22(3)4/h5-7,12,17,25H,8-11,13-14H2,1-4H3,(H,20,27). The lowest BCUT2D eigenvalue weighted by Gasteiger charge is -2.35. The van der Waals surface area contributed by atoms with E-state index in [0.717, 1.165) is 13.1 Å². The van der Waals surface area contributed by atoms with Gasteiger partial charge >= 0.3 is 6.03 Å². The number of aliphatic hydroxyl groups is 1. The van der Waals surface area contributed by atoms with Crippen molar-refractivity contribution in [2.75, 3.05) is 72.8 Å². The van der Waals surface area contributed by atoms with Gasteiger partial charge in [0.2, 0.25) is 0 Å². The van der Waals surface area contributed by atoms with Crippen molar-refractivity contribution in [1.29, 1.82) is 0 Å². The Labute approximate surface area is 161 Å². The average Bonchev–Trinajstić information content (AvgIpc) is 2.61. The molecule has 1 aliphatic rings. The lowest BCUT2D eigenvalue weighted by atomic mass is 10.2. The van der Waals surface area contributed by atoms with E-state index in [9.17, 15) is 14.7 Å². The van der Waals surface area contributed by atoms with E-state index in [1.54, 1.807) is 43.3 Å². The number of amides is 3. The van der Waals surface area contributed by atoms with Crippen LogP contribution >= 0.6 is 0 Å².